The zero-order chi connectivity index (χ0) is 14.0. The van der Waals surface area contributed by atoms with E-state index in [1.54, 1.807) is 6.07 Å². The third-order valence-electron chi connectivity index (χ3n) is 4.44. The first-order valence-corrected chi connectivity index (χ1v) is 6.99. The van der Waals surface area contributed by atoms with Crippen LogP contribution in [0.1, 0.15) is 41.5 Å². The molecule has 2 aliphatic rings. The van der Waals surface area contributed by atoms with Gasteiger partial charge in [-0.15, -0.1) is 0 Å². The summed E-state index contributed by atoms with van der Waals surface area (Å²) in [5, 5.41) is 4.18. The van der Waals surface area contributed by atoms with Gasteiger partial charge in [0.15, 0.2) is 0 Å². The van der Waals surface area contributed by atoms with Gasteiger partial charge in [0, 0.05) is 12.1 Å². The van der Waals surface area contributed by atoms with Crippen molar-refractivity contribution in [2.75, 3.05) is 0 Å². The van der Waals surface area contributed by atoms with Crippen LogP contribution in [0, 0.1) is 12.8 Å². The number of rotatable bonds is 2. The topological polar surface area (TPSA) is 70.5 Å². The van der Waals surface area contributed by atoms with E-state index < -0.39 is 0 Å². The van der Waals surface area contributed by atoms with Crippen LogP contribution in [0.15, 0.2) is 10.9 Å². The van der Waals surface area contributed by atoms with Crippen molar-refractivity contribution >= 4 is 11.6 Å². The van der Waals surface area contributed by atoms with E-state index in [0.29, 0.717) is 29.4 Å². The molecule has 1 N–H and O–H groups in total. The minimum absolute atomic E-state index is 0.0575. The molecule has 2 aromatic rings. The monoisotopic (exact) mass is 272 g/mol. The Hall–Kier alpha value is -2.11. The van der Waals surface area contributed by atoms with Crippen LogP contribution in [0.25, 0.3) is 5.65 Å². The molecular formula is C14H16N4O2. The normalized spacial score (nSPS) is 19.7. The van der Waals surface area contributed by atoms with Crippen LogP contribution in [-0.4, -0.2) is 31.4 Å². The lowest BCUT2D eigenvalue weighted by atomic mass is 10.2. The van der Waals surface area contributed by atoms with Crippen LogP contribution >= 0.6 is 0 Å². The van der Waals surface area contributed by atoms with Crippen molar-refractivity contribution in [3.05, 3.63) is 33.4 Å². The van der Waals surface area contributed by atoms with Crippen molar-refractivity contribution in [2.45, 2.75) is 39.3 Å². The van der Waals surface area contributed by atoms with Crippen molar-refractivity contribution < 1.29 is 4.79 Å². The summed E-state index contributed by atoms with van der Waals surface area (Å²) >= 11 is 0. The van der Waals surface area contributed by atoms with E-state index in [1.807, 2.05) is 11.8 Å². The van der Waals surface area contributed by atoms with Crippen LogP contribution in [0.4, 0.5) is 0 Å². The van der Waals surface area contributed by atoms with Crippen molar-refractivity contribution in [1.29, 1.82) is 0 Å². The fourth-order valence-electron chi connectivity index (χ4n) is 3.06. The van der Waals surface area contributed by atoms with Crippen LogP contribution in [-0.2, 0) is 6.54 Å². The highest BCUT2D eigenvalue weighted by Crippen LogP contribution is 2.37. The molecule has 1 atom stereocenters. The summed E-state index contributed by atoms with van der Waals surface area (Å²) in [6.45, 7) is 4.30. The molecule has 0 spiro atoms. The predicted octanol–water partition coefficient (Wildman–Crippen LogP) is 1.09. The van der Waals surface area contributed by atoms with Gasteiger partial charge in [-0.05, 0) is 32.6 Å². The molecule has 2 aromatic heterocycles. The Kier molecular flexibility index (Phi) is 2.17. The maximum Gasteiger partial charge on any atom is 0.280 e. The van der Waals surface area contributed by atoms with Gasteiger partial charge < -0.3 is 9.88 Å². The molecule has 0 bridgehead atoms. The molecule has 1 amide bonds. The molecule has 0 aromatic carbocycles. The highest BCUT2D eigenvalue weighted by atomic mass is 16.2. The first-order valence-electron chi connectivity index (χ1n) is 6.99. The van der Waals surface area contributed by atoms with Gasteiger partial charge in [0.2, 0.25) is 0 Å². The molecule has 0 radical (unpaired) electrons. The number of carbonyl (C=O) groups is 1. The Morgan fingerprint density at radius 2 is 2.15 bits per heavy atom. The van der Waals surface area contributed by atoms with Gasteiger partial charge >= 0.3 is 0 Å². The summed E-state index contributed by atoms with van der Waals surface area (Å²) in [5.74, 6) is 0.535. The van der Waals surface area contributed by atoms with Gasteiger partial charge in [0.25, 0.3) is 11.5 Å². The molecule has 1 aliphatic heterocycles. The summed E-state index contributed by atoms with van der Waals surface area (Å²) in [5.41, 5.74) is 2.15. The van der Waals surface area contributed by atoms with E-state index in [1.165, 1.54) is 17.4 Å². The van der Waals surface area contributed by atoms with E-state index in [2.05, 4.69) is 17.0 Å². The average Bonchev–Trinajstić information content (AvgIpc) is 3.12. The molecule has 6 heteroatoms. The third-order valence-corrected chi connectivity index (χ3v) is 4.44. The Labute approximate surface area is 115 Å². The van der Waals surface area contributed by atoms with Gasteiger partial charge in [-0.3, -0.25) is 9.59 Å². The molecule has 1 saturated carbocycles. The second-order valence-corrected chi connectivity index (χ2v) is 5.88. The summed E-state index contributed by atoms with van der Waals surface area (Å²) < 4.78 is 1.35. The van der Waals surface area contributed by atoms with E-state index >= 15 is 0 Å². The first-order chi connectivity index (χ1) is 9.56. The third kappa shape index (κ3) is 1.47. The molecule has 0 unspecified atom stereocenters. The number of H-pyrrole nitrogens is 1. The largest absolute Gasteiger partial charge is 0.335 e. The molecular weight excluding hydrogens is 256 g/mol. The smallest absolute Gasteiger partial charge is 0.280 e. The fourth-order valence-corrected chi connectivity index (χ4v) is 3.06. The quantitative estimate of drug-likeness (QED) is 0.889. The summed E-state index contributed by atoms with van der Waals surface area (Å²) in [6.07, 6.45) is 2.36. The summed E-state index contributed by atoms with van der Waals surface area (Å²) in [4.78, 5) is 29.8. The molecule has 20 heavy (non-hydrogen) atoms. The van der Waals surface area contributed by atoms with Crippen LogP contribution in [0.2, 0.25) is 0 Å². The average molecular weight is 272 g/mol. The Balaban J connectivity index is 1.84. The number of hydrogen-bond donors (Lipinski definition) is 1. The van der Waals surface area contributed by atoms with Gasteiger partial charge in [-0.2, -0.15) is 9.61 Å². The second-order valence-electron chi connectivity index (χ2n) is 5.88. The van der Waals surface area contributed by atoms with Gasteiger partial charge in [0.1, 0.15) is 11.3 Å². The van der Waals surface area contributed by atoms with Crippen molar-refractivity contribution in [3.63, 3.8) is 0 Å². The number of hydrogen-bond acceptors (Lipinski definition) is 3. The lowest BCUT2D eigenvalue weighted by Crippen LogP contribution is -2.35. The minimum Gasteiger partial charge on any atom is -0.335 e. The zero-order valence-corrected chi connectivity index (χ0v) is 11.5. The van der Waals surface area contributed by atoms with Crippen molar-refractivity contribution in [1.82, 2.24) is 19.5 Å². The fraction of sp³-hybridized carbons (Fsp3) is 0.500. The molecule has 6 nitrogen and oxygen atoms in total. The van der Waals surface area contributed by atoms with E-state index in [4.69, 9.17) is 0 Å². The van der Waals surface area contributed by atoms with Crippen LogP contribution in [0.5, 0.6) is 0 Å². The Bertz CT molecular complexity index is 784. The van der Waals surface area contributed by atoms with Crippen molar-refractivity contribution in [2.24, 2.45) is 5.92 Å². The standard InChI is InChI=1S/C14H16N4O2/c1-7-5-11-15-12-10(13(19)18(11)16-7)6-17(14(12)20)8(2)9-3-4-9/h5,8-9,15H,3-4,6H2,1-2H3/t8-/m0/s1. The summed E-state index contributed by atoms with van der Waals surface area (Å²) in [7, 11) is 0. The summed E-state index contributed by atoms with van der Waals surface area (Å²) in [6, 6.07) is 1.99. The number of aromatic amines is 1. The number of nitrogens with zero attached hydrogens (tertiary/aromatic N) is 3. The molecule has 104 valence electrons. The number of carbonyl (C=O) groups excluding carboxylic acids is 1. The van der Waals surface area contributed by atoms with Crippen LogP contribution < -0.4 is 5.56 Å². The number of nitrogens with one attached hydrogen (secondary N) is 1. The molecule has 0 saturated heterocycles. The van der Waals surface area contributed by atoms with E-state index in [0.717, 1.165) is 5.69 Å². The van der Waals surface area contributed by atoms with E-state index in [9.17, 15) is 9.59 Å². The lowest BCUT2D eigenvalue weighted by Gasteiger charge is -2.23. The molecule has 1 fully saturated rings. The molecule has 1 aliphatic carbocycles. The lowest BCUT2D eigenvalue weighted by molar-refractivity contribution is 0.0693. The minimum atomic E-state index is -0.180. The number of aromatic nitrogens is 3. The second kappa shape index (κ2) is 3.71. The number of fused-ring (bicyclic) bond motifs is 2. The van der Waals surface area contributed by atoms with Crippen molar-refractivity contribution in [3.8, 4) is 0 Å². The Morgan fingerprint density at radius 3 is 2.85 bits per heavy atom. The first kappa shape index (κ1) is 11.7. The maximum atomic E-state index is 12.5. The van der Waals surface area contributed by atoms with Gasteiger partial charge in [-0.1, -0.05) is 0 Å². The zero-order valence-electron chi connectivity index (χ0n) is 11.5. The number of aryl methyl sites for hydroxylation is 1. The van der Waals surface area contributed by atoms with Crippen LogP contribution in [0.3, 0.4) is 0 Å². The molecule has 3 heterocycles. The molecule has 4 rings (SSSR count). The van der Waals surface area contributed by atoms with E-state index in [-0.39, 0.29) is 17.5 Å². The predicted molar refractivity (Wildman–Crippen MR) is 72.6 cm³/mol. The van der Waals surface area contributed by atoms with Gasteiger partial charge in [0.05, 0.1) is 17.8 Å². The Morgan fingerprint density at radius 1 is 1.40 bits per heavy atom. The maximum absolute atomic E-state index is 12.5. The SMILES string of the molecule is Cc1cc2[nH]c3c(c(=O)n2n1)CN([C@@H](C)C1CC1)C3=O. The van der Waals surface area contributed by atoms with Gasteiger partial charge in [-0.25, -0.2) is 0 Å². The number of amides is 1. The highest BCUT2D eigenvalue weighted by Gasteiger charge is 2.40. The highest BCUT2D eigenvalue weighted by molar-refractivity contribution is 5.97.